The first kappa shape index (κ1) is 14.7. The van der Waals surface area contributed by atoms with Crippen molar-refractivity contribution in [2.75, 3.05) is 6.54 Å². The molecule has 3 N–H and O–H groups in total. The number of hydrogen-bond acceptors (Lipinski definition) is 2. The van der Waals surface area contributed by atoms with E-state index in [1.807, 2.05) is 0 Å². The second-order valence-corrected chi connectivity index (χ2v) is 4.63. The summed E-state index contributed by atoms with van der Waals surface area (Å²) in [6, 6.07) is 0.376. The Balaban J connectivity index is 0.00000196. The number of carbonyl (C=O) groups is 1. The predicted molar refractivity (Wildman–Crippen MR) is 65.0 cm³/mol. The summed E-state index contributed by atoms with van der Waals surface area (Å²) in [5.41, 5.74) is 5.25. The molecule has 4 heteroatoms. The maximum absolute atomic E-state index is 11.1. The van der Waals surface area contributed by atoms with Crippen LogP contribution in [0.3, 0.4) is 0 Å². The van der Waals surface area contributed by atoms with E-state index in [0.717, 1.165) is 24.7 Å². The van der Waals surface area contributed by atoms with Crippen LogP contribution in [0.25, 0.3) is 0 Å². The maximum Gasteiger partial charge on any atom is 0.233 e. The van der Waals surface area contributed by atoms with Crippen LogP contribution in [-0.4, -0.2) is 18.5 Å². The molecule has 0 aliphatic heterocycles. The van der Waals surface area contributed by atoms with Crippen LogP contribution in [-0.2, 0) is 4.79 Å². The number of hydrogen-bond donors (Lipinski definition) is 2. The molecule has 1 fully saturated rings. The van der Waals surface area contributed by atoms with Gasteiger partial charge in [-0.15, -0.1) is 12.4 Å². The number of halogens is 1. The second-order valence-electron chi connectivity index (χ2n) is 4.63. The summed E-state index contributed by atoms with van der Waals surface area (Å²) in [6.45, 7) is 4.68. The van der Waals surface area contributed by atoms with Crippen molar-refractivity contribution < 1.29 is 4.79 Å². The molecule has 3 nitrogen and oxygen atoms in total. The van der Waals surface area contributed by atoms with Crippen molar-refractivity contribution in [2.45, 2.75) is 45.6 Å². The van der Waals surface area contributed by atoms with Gasteiger partial charge in [-0.05, 0) is 37.5 Å². The molecule has 0 heterocycles. The Morgan fingerprint density at radius 3 is 2.27 bits per heavy atom. The number of carbonyl (C=O) groups excluding carboxylic acids is 1. The molecule has 0 spiro atoms. The maximum atomic E-state index is 11.1. The zero-order chi connectivity index (χ0) is 10.6. The molecule has 15 heavy (non-hydrogen) atoms. The van der Waals surface area contributed by atoms with Gasteiger partial charge in [-0.25, -0.2) is 0 Å². The van der Waals surface area contributed by atoms with Gasteiger partial charge in [0.05, 0.1) is 6.54 Å². The lowest BCUT2D eigenvalue weighted by Gasteiger charge is -2.31. The first-order valence-electron chi connectivity index (χ1n) is 5.63. The number of amides is 1. The Hall–Kier alpha value is -0.280. The first-order chi connectivity index (χ1) is 6.63. The van der Waals surface area contributed by atoms with Crippen molar-refractivity contribution in [3.63, 3.8) is 0 Å². The van der Waals surface area contributed by atoms with E-state index in [2.05, 4.69) is 19.2 Å². The molecular weight excluding hydrogens is 212 g/mol. The number of nitrogens with one attached hydrogen (secondary N) is 1. The average Bonchev–Trinajstić information content (AvgIpc) is 2.18. The van der Waals surface area contributed by atoms with Gasteiger partial charge in [0.25, 0.3) is 0 Å². The topological polar surface area (TPSA) is 55.1 Å². The van der Waals surface area contributed by atoms with E-state index in [1.165, 1.54) is 12.8 Å². The Kier molecular flexibility index (Phi) is 6.94. The Morgan fingerprint density at radius 2 is 1.87 bits per heavy atom. The highest BCUT2D eigenvalue weighted by molar-refractivity contribution is 5.85. The van der Waals surface area contributed by atoms with Gasteiger partial charge in [-0.1, -0.05) is 13.8 Å². The van der Waals surface area contributed by atoms with Gasteiger partial charge in [0.2, 0.25) is 5.91 Å². The van der Waals surface area contributed by atoms with Crippen molar-refractivity contribution in [3.8, 4) is 0 Å². The molecule has 0 aromatic carbocycles. The lowest BCUT2D eigenvalue weighted by atomic mass is 9.80. The summed E-state index contributed by atoms with van der Waals surface area (Å²) in [5.74, 6) is 1.61. The fourth-order valence-electron chi connectivity index (χ4n) is 2.22. The van der Waals surface area contributed by atoms with Crippen LogP contribution in [0.5, 0.6) is 0 Å². The van der Waals surface area contributed by atoms with Crippen LogP contribution in [0.4, 0.5) is 0 Å². The molecule has 1 rings (SSSR count). The van der Waals surface area contributed by atoms with Crippen LogP contribution >= 0.6 is 12.4 Å². The van der Waals surface area contributed by atoms with E-state index in [-0.39, 0.29) is 24.9 Å². The van der Waals surface area contributed by atoms with E-state index < -0.39 is 0 Å². The quantitative estimate of drug-likeness (QED) is 0.781. The molecule has 0 atom stereocenters. The molecule has 0 radical (unpaired) electrons. The van der Waals surface area contributed by atoms with Gasteiger partial charge < -0.3 is 11.1 Å². The van der Waals surface area contributed by atoms with Crippen molar-refractivity contribution >= 4 is 18.3 Å². The van der Waals surface area contributed by atoms with E-state index in [1.54, 1.807) is 0 Å². The van der Waals surface area contributed by atoms with Gasteiger partial charge >= 0.3 is 0 Å². The van der Waals surface area contributed by atoms with Crippen LogP contribution in [0, 0.1) is 11.8 Å². The third-order valence-corrected chi connectivity index (χ3v) is 3.27. The Bertz CT molecular complexity index is 189. The summed E-state index contributed by atoms with van der Waals surface area (Å²) in [6.07, 6.45) is 4.73. The van der Waals surface area contributed by atoms with Crippen molar-refractivity contribution in [2.24, 2.45) is 17.6 Å². The third-order valence-electron chi connectivity index (χ3n) is 3.27. The highest BCUT2D eigenvalue weighted by Crippen LogP contribution is 2.29. The van der Waals surface area contributed by atoms with Crippen LogP contribution in [0.2, 0.25) is 0 Å². The third kappa shape index (κ3) is 4.85. The molecule has 0 unspecified atom stereocenters. The number of nitrogens with two attached hydrogens (primary N) is 1. The molecule has 1 amide bonds. The molecule has 1 saturated carbocycles. The highest BCUT2D eigenvalue weighted by atomic mass is 35.5. The van der Waals surface area contributed by atoms with E-state index in [0.29, 0.717) is 6.04 Å². The first-order valence-corrected chi connectivity index (χ1v) is 5.63. The van der Waals surface area contributed by atoms with Crippen LogP contribution < -0.4 is 11.1 Å². The van der Waals surface area contributed by atoms with Crippen molar-refractivity contribution in [3.05, 3.63) is 0 Å². The summed E-state index contributed by atoms with van der Waals surface area (Å²) < 4.78 is 0. The Labute approximate surface area is 98.6 Å². The SMILES string of the molecule is CC(C)C1CCC(NC(=O)CN)CC1.Cl. The molecule has 1 aliphatic rings. The van der Waals surface area contributed by atoms with Crippen molar-refractivity contribution in [1.29, 1.82) is 0 Å². The van der Waals surface area contributed by atoms with E-state index in [9.17, 15) is 4.79 Å². The minimum absolute atomic E-state index is 0. The lowest BCUT2D eigenvalue weighted by Crippen LogP contribution is -2.41. The molecular formula is C11H23ClN2O. The number of rotatable bonds is 3. The van der Waals surface area contributed by atoms with Crippen LogP contribution in [0.15, 0.2) is 0 Å². The van der Waals surface area contributed by atoms with Crippen molar-refractivity contribution in [1.82, 2.24) is 5.32 Å². The summed E-state index contributed by atoms with van der Waals surface area (Å²) in [4.78, 5) is 11.1. The summed E-state index contributed by atoms with van der Waals surface area (Å²) in [7, 11) is 0. The zero-order valence-electron chi connectivity index (χ0n) is 9.66. The smallest absolute Gasteiger partial charge is 0.233 e. The second kappa shape index (κ2) is 7.07. The molecule has 0 bridgehead atoms. The summed E-state index contributed by atoms with van der Waals surface area (Å²) >= 11 is 0. The van der Waals surface area contributed by atoms with Gasteiger partial charge in [-0.2, -0.15) is 0 Å². The average molecular weight is 235 g/mol. The van der Waals surface area contributed by atoms with E-state index in [4.69, 9.17) is 5.73 Å². The molecule has 0 aromatic rings. The van der Waals surface area contributed by atoms with Gasteiger partial charge in [-0.3, -0.25) is 4.79 Å². The minimum Gasteiger partial charge on any atom is -0.352 e. The summed E-state index contributed by atoms with van der Waals surface area (Å²) in [5, 5.41) is 2.96. The van der Waals surface area contributed by atoms with Gasteiger partial charge in [0, 0.05) is 6.04 Å². The fourth-order valence-corrected chi connectivity index (χ4v) is 2.22. The van der Waals surface area contributed by atoms with Gasteiger partial charge in [0.15, 0.2) is 0 Å². The standard InChI is InChI=1S/C11H22N2O.ClH/c1-8(2)9-3-5-10(6-4-9)13-11(14)7-12;/h8-10H,3-7,12H2,1-2H3,(H,13,14);1H. The molecule has 0 aromatic heterocycles. The zero-order valence-corrected chi connectivity index (χ0v) is 10.5. The van der Waals surface area contributed by atoms with Gasteiger partial charge in [0.1, 0.15) is 0 Å². The molecule has 1 aliphatic carbocycles. The van der Waals surface area contributed by atoms with Crippen LogP contribution in [0.1, 0.15) is 39.5 Å². The predicted octanol–water partition coefficient (Wildman–Crippen LogP) is 1.70. The fraction of sp³-hybridized carbons (Fsp3) is 0.909. The molecule has 90 valence electrons. The van der Waals surface area contributed by atoms with E-state index >= 15 is 0 Å². The Morgan fingerprint density at radius 1 is 1.33 bits per heavy atom. The lowest BCUT2D eigenvalue weighted by molar-refractivity contribution is -0.120. The minimum atomic E-state index is -0.0157. The normalized spacial score (nSPS) is 25.9. The monoisotopic (exact) mass is 234 g/mol. The molecule has 0 saturated heterocycles. The highest BCUT2D eigenvalue weighted by Gasteiger charge is 2.23. The largest absolute Gasteiger partial charge is 0.352 e.